The van der Waals surface area contributed by atoms with Crippen molar-refractivity contribution in [1.82, 2.24) is 10.6 Å². The molecule has 2 rings (SSSR count). The Hall–Kier alpha value is -0.610. The van der Waals surface area contributed by atoms with Gasteiger partial charge < -0.3 is 15.4 Å². The Morgan fingerprint density at radius 3 is 3.06 bits per heavy atom. The Balaban J connectivity index is 1.74. The Bertz CT molecular complexity index is 269. The summed E-state index contributed by atoms with van der Waals surface area (Å²) in [5.74, 6) is 0.243. The maximum absolute atomic E-state index is 12.3. The van der Waals surface area contributed by atoms with Gasteiger partial charge in [-0.1, -0.05) is 13.3 Å². The van der Waals surface area contributed by atoms with E-state index in [2.05, 4.69) is 17.6 Å². The molecule has 2 N–H and O–H groups in total. The van der Waals surface area contributed by atoms with Crippen LogP contribution in [0.2, 0.25) is 0 Å². The van der Waals surface area contributed by atoms with Gasteiger partial charge in [-0.05, 0) is 38.6 Å². The van der Waals surface area contributed by atoms with Gasteiger partial charge in [-0.25, -0.2) is 0 Å². The first-order chi connectivity index (χ1) is 8.77. The number of hydrogen-bond acceptors (Lipinski definition) is 3. The van der Waals surface area contributed by atoms with E-state index in [1.54, 1.807) is 0 Å². The third-order valence-electron chi connectivity index (χ3n) is 4.23. The van der Waals surface area contributed by atoms with Gasteiger partial charge in [0.25, 0.3) is 0 Å². The molecule has 0 aromatic rings. The molecular weight excluding hydrogens is 228 g/mol. The van der Waals surface area contributed by atoms with Gasteiger partial charge in [0.1, 0.15) is 0 Å². The number of amides is 1. The van der Waals surface area contributed by atoms with Crippen molar-refractivity contribution in [3.63, 3.8) is 0 Å². The highest BCUT2D eigenvalue weighted by Gasteiger charge is 2.39. The summed E-state index contributed by atoms with van der Waals surface area (Å²) < 4.78 is 5.57. The van der Waals surface area contributed by atoms with Crippen LogP contribution in [0.3, 0.4) is 0 Å². The van der Waals surface area contributed by atoms with Gasteiger partial charge in [0.15, 0.2) is 0 Å². The molecule has 4 heteroatoms. The van der Waals surface area contributed by atoms with E-state index in [0.29, 0.717) is 6.10 Å². The summed E-state index contributed by atoms with van der Waals surface area (Å²) in [6.07, 6.45) is 6.69. The number of rotatable bonds is 6. The summed E-state index contributed by atoms with van der Waals surface area (Å²) in [6.45, 7) is 5.61. The Labute approximate surface area is 110 Å². The van der Waals surface area contributed by atoms with Gasteiger partial charge in [-0.15, -0.1) is 0 Å². The molecule has 4 nitrogen and oxygen atoms in total. The monoisotopic (exact) mass is 254 g/mol. The fraction of sp³-hybridized carbons (Fsp3) is 0.929. The van der Waals surface area contributed by atoms with Crippen LogP contribution in [-0.4, -0.2) is 38.3 Å². The highest BCUT2D eigenvalue weighted by atomic mass is 16.5. The molecule has 0 aromatic heterocycles. The lowest BCUT2D eigenvalue weighted by atomic mass is 9.81. The molecular formula is C14H26N2O2. The first-order valence-corrected chi connectivity index (χ1v) is 7.37. The van der Waals surface area contributed by atoms with Crippen LogP contribution in [0.5, 0.6) is 0 Å². The average Bonchev–Trinajstić information content (AvgIpc) is 3.01. The predicted molar refractivity (Wildman–Crippen MR) is 71.4 cm³/mol. The zero-order chi connectivity index (χ0) is 12.8. The molecule has 0 aromatic carbocycles. The average molecular weight is 254 g/mol. The molecule has 0 bridgehead atoms. The van der Waals surface area contributed by atoms with Crippen LogP contribution in [0, 0.1) is 5.41 Å². The maximum atomic E-state index is 12.3. The molecule has 0 aliphatic carbocycles. The lowest BCUT2D eigenvalue weighted by molar-refractivity contribution is -0.130. The molecule has 2 aliphatic rings. The van der Waals surface area contributed by atoms with E-state index in [0.717, 1.165) is 58.3 Å². The Morgan fingerprint density at radius 2 is 2.44 bits per heavy atom. The topological polar surface area (TPSA) is 50.4 Å². The SMILES string of the molecule is CCCC1(C(=O)NCCC2CCCO2)CCNC1. The van der Waals surface area contributed by atoms with Crippen LogP contribution in [0.4, 0.5) is 0 Å². The summed E-state index contributed by atoms with van der Waals surface area (Å²) >= 11 is 0. The predicted octanol–water partition coefficient (Wildman–Crippen LogP) is 1.45. The molecule has 0 spiro atoms. The maximum Gasteiger partial charge on any atom is 0.227 e. The third kappa shape index (κ3) is 3.23. The zero-order valence-electron chi connectivity index (χ0n) is 11.5. The number of nitrogens with one attached hydrogen (secondary N) is 2. The van der Waals surface area contributed by atoms with Gasteiger partial charge in [-0.3, -0.25) is 4.79 Å². The quantitative estimate of drug-likeness (QED) is 0.754. The van der Waals surface area contributed by atoms with Gasteiger partial charge in [0, 0.05) is 19.7 Å². The van der Waals surface area contributed by atoms with Crippen LogP contribution < -0.4 is 10.6 Å². The van der Waals surface area contributed by atoms with E-state index < -0.39 is 0 Å². The van der Waals surface area contributed by atoms with Crippen molar-refractivity contribution in [2.24, 2.45) is 5.41 Å². The van der Waals surface area contributed by atoms with Crippen molar-refractivity contribution in [3.8, 4) is 0 Å². The minimum atomic E-state index is -0.148. The highest BCUT2D eigenvalue weighted by Crippen LogP contribution is 2.31. The minimum absolute atomic E-state index is 0.148. The number of ether oxygens (including phenoxy) is 1. The molecule has 2 unspecified atom stereocenters. The van der Waals surface area contributed by atoms with Crippen LogP contribution in [0.1, 0.15) is 45.4 Å². The molecule has 2 saturated heterocycles. The Morgan fingerprint density at radius 1 is 1.56 bits per heavy atom. The second kappa shape index (κ2) is 6.53. The smallest absolute Gasteiger partial charge is 0.227 e. The minimum Gasteiger partial charge on any atom is -0.378 e. The van der Waals surface area contributed by atoms with Gasteiger partial charge in [0.05, 0.1) is 11.5 Å². The van der Waals surface area contributed by atoms with Crippen molar-refractivity contribution < 1.29 is 9.53 Å². The second-order valence-corrected chi connectivity index (χ2v) is 5.64. The summed E-state index contributed by atoms with van der Waals surface area (Å²) in [4.78, 5) is 12.3. The molecule has 104 valence electrons. The van der Waals surface area contributed by atoms with E-state index in [9.17, 15) is 4.79 Å². The lowest BCUT2D eigenvalue weighted by Gasteiger charge is -2.26. The normalized spacial score (nSPS) is 31.7. The largest absolute Gasteiger partial charge is 0.378 e. The number of hydrogen-bond donors (Lipinski definition) is 2. The standard InChI is InChI=1S/C14H26N2O2/c1-2-6-14(7-9-15-11-14)13(17)16-8-5-12-4-3-10-18-12/h12,15H,2-11H2,1H3,(H,16,17). The molecule has 2 atom stereocenters. The summed E-state index contributed by atoms with van der Waals surface area (Å²) in [5.41, 5.74) is -0.148. The highest BCUT2D eigenvalue weighted by molar-refractivity contribution is 5.83. The van der Waals surface area contributed by atoms with Crippen molar-refractivity contribution in [2.75, 3.05) is 26.2 Å². The van der Waals surface area contributed by atoms with E-state index in [4.69, 9.17) is 4.74 Å². The fourth-order valence-corrected chi connectivity index (χ4v) is 3.15. The first-order valence-electron chi connectivity index (χ1n) is 7.37. The molecule has 0 radical (unpaired) electrons. The summed E-state index contributed by atoms with van der Waals surface area (Å²) in [7, 11) is 0. The fourth-order valence-electron chi connectivity index (χ4n) is 3.15. The van der Waals surface area contributed by atoms with E-state index >= 15 is 0 Å². The van der Waals surface area contributed by atoms with Crippen LogP contribution >= 0.6 is 0 Å². The van der Waals surface area contributed by atoms with E-state index in [-0.39, 0.29) is 11.3 Å². The van der Waals surface area contributed by atoms with Crippen molar-refractivity contribution >= 4 is 5.91 Å². The van der Waals surface area contributed by atoms with Crippen molar-refractivity contribution in [3.05, 3.63) is 0 Å². The van der Waals surface area contributed by atoms with Gasteiger partial charge in [0.2, 0.25) is 5.91 Å². The number of carbonyl (C=O) groups is 1. The molecule has 0 saturated carbocycles. The van der Waals surface area contributed by atoms with E-state index in [1.165, 1.54) is 6.42 Å². The van der Waals surface area contributed by atoms with Gasteiger partial charge in [-0.2, -0.15) is 0 Å². The molecule has 18 heavy (non-hydrogen) atoms. The lowest BCUT2D eigenvalue weighted by Crippen LogP contribution is -2.43. The van der Waals surface area contributed by atoms with Crippen molar-refractivity contribution in [2.45, 2.75) is 51.6 Å². The summed E-state index contributed by atoms with van der Waals surface area (Å²) in [6, 6.07) is 0. The number of carbonyl (C=O) groups excluding carboxylic acids is 1. The molecule has 2 fully saturated rings. The summed E-state index contributed by atoms with van der Waals surface area (Å²) in [5, 5.41) is 6.44. The molecule has 2 heterocycles. The molecule has 1 amide bonds. The van der Waals surface area contributed by atoms with E-state index in [1.807, 2.05) is 0 Å². The third-order valence-corrected chi connectivity index (χ3v) is 4.23. The van der Waals surface area contributed by atoms with Crippen LogP contribution in [0.15, 0.2) is 0 Å². The molecule has 2 aliphatic heterocycles. The second-order valence-electron chi connectivity index (χ2n) is 5.64. The van der Waals surface area contributed by atoms with Crippen LogP contribution in [0.25, 0.3) is 0 Å². The van der Waals surface area contributed by atoms with Crippen LogP contribution in [-0.2, 0) is 9.53 Å². The van der Waals surface area contributed by atoms with Crippen molar-refractivity contribution in [1.29, 1.82) is 0 Å². The van der Waals surface area contributed by atoms with Gasteiger partial charge >= 0.3 is 0 Å². The first kappa shape index (κ1) is 13.8. The Kier molecular flexibility index (Phi) is 5.01. The zero-order valence-corrected chi connectivity index (χ0v) is 11.5.